The second-order valence-electron chi connectivity index (χ2n) is 6.74. The van der Waals surface area contributed by atoms with Crippen molar-refractivity contribution in [1.29, 1.82) is 0 Å². The number of rotatable bonds is 7. The number of nitrogens with two attached hydrogens (primary N) is 2. The number of nitrogens with zero attached hydrogens (tertiary/aromatic N) is 2. The van der Waals surface area contributed by atoms with E-state index in [1.165, 1.54) is 0 Å². The third-order valence-electron chi connectivity index (χ3n) is 4.57. The highest BCUT2D eigenvalue weighted by Crippen LogP contribution is 2.39. The maximum absolute atomic E-state index is 13.0. The zero-order chi connectivity index (χ0) is 18.9. The molecule has 0 bridgehead atoms. The minimum Gasteiger partial charge on any atom is -0.490 e. The summed E-state index contributed by atoms with van der Waals surface area (Å²) in [4.78, 5) is 4.57. The molecule has 1 aromatic heterocycles. The van der Waals surface area contributed by atoms with Gasteiger partial charge in [-0.2, -0.15) is 0 Å². The van der Waals surface area contributed by atoms with Crippen molar-refractivity contribution < 1.29 is 13.7 Å². The SMILES string of the molecule is CC(C)C(O)(/C(=C/N)N(N)SF)c1ccc2cc(OC3CC3)ccc2n1. The Morgan fingerprint density at radius 3 is 2.73 bits per heavy atom. The number of hydrazine groups is 1. The van der Waals surface area contributed by atoms with Crippen LogP contribution in [0.1, 0.15) is 32.4 Å². The van der Waals surface area contributed by atoms with Crippen LogP contribution < -0.4 is 16.3 Å². The highest BCUT2D eigenvalue weighted by atomic mass is 32.2. The molecule has 8 heteroatoms. The van der Waals surface area contributed by atoms with E-state index in [1.807, 2.05) is 24.3 Å². The molecule has 1 unspecified atom stereocenters. The summed E-state index contributed by atoms with van der Waals surface area (Å²) in [5, 5.41) is 12.2. The number of fused-ring (bicyclic) bond motifs is 1. The van der Waals surface area contributed by atoms with Gasteiger partial charge in [0.25, 0.3) is 0 Å². The fourth-order valence-electron chi connectivity index (χ4n) is 2.90. The Morgan fingerprint density at radius 2 is 2.15 bits per heavy atom. The minimum atomic E-state index is -1.64. The van der Waals surface area contributed by atoms with Gasteiger partial charge in [0.15, 0.2) is 17.9 Å². The van der Waals surface area contributed by atoms with Gasteiger partial charge in [0.05, 0.1) is 23.0 Å². The Balaban J connectivity index is 2.02. The number of halogens is 1. The zero-order valence-corrected chi connectivity index (χ0v) is 15.5. The quantitative estimate of drug-likeness (QED) is 0.387. The van der Waals surface area contributed by atoms with Crippen molar-refractivity contribution in [2.75, 3.05) is 0 Å². The molecule has 1 fully saturated rings. The molecule has 1 heterocycles. The summed E-state index contributed by atoms with van der Waals surface area (Å²) in [6, 6.07) is 9.17. The van der Waals surface area contributed by atoms with Gasteiger partial charge in [-0.05, 0) is 43.0 Å². The summed E-state index contributed by atoms with van der Waals surface area (Å²) in [6.07, 6.45) is 3.60. The van der Waals surface area contributed by atoms with Crippen molar-refractivity contribution in [3.8, 4) is 5.75 Å². The summed E-state index contributed by atoms with van der Waals surface area (Å²) in [5.74, 6) is 6.10. The predicted octanol–water partition coefficient (Wildman–Crippen LogP) is 3.13. The van der Waals surface area contributed by atoms with Gasteiger partial charge in [-0.1, -0.05) is 19.9 Å². The van der Waals surface area contributed by atoms with Gasteiger partial charge in [0.1, 0.15) is 5.75 Å². The van der Waals surface area contributed by atoms with Crippen LogP contribution in [0.4, 0.5) is 3.89 Å². The van der Waals surface area contributed by atoms with Crippen LogP contribution in [0.25, 0.3) is 10.9 Å². The molecule has 1 aliphatic rings. The Hall–Kier alpha value is -2.03. The molecule has 6 nitrogen and oxygen atoms in total. The van der Waals surface area contributed by atoms with Gasteiger partial charge < -0.3 is 15.6 Å². The topological polar surface area (TPSA) is 97.6 Å². The van der Waals surface area contributed by atoms with E-state index >= 15 is 0 Å². The van der Waals surface area contributed by atoms with Gasteiger partial charge in [-0.15, -0.1) is 3.89 Å². The summed E-state index contributed by atoms with van der Waals surface area (Å²) in [5.41, 5.74) is 5.05. The highest BCUT2D eigenvalue weighted by molar-refractivity contribution is 7.92. The molecule has 140 valence electrons. The van der Waals surface area contributed by atoms with Crippen LogP contribution >= 0.6 is 12.3 Å². The predicted molar refractivity (Wildman–Crippen MR) is 101 cm³/mol. The van der Waals surface area contributed by atoms with Crippen molar-refractivity contribution >= 4 is 23.2 Å². The second kappa shape index (κ2) is 7.30. The third-order valence-corrected chi connectivity index (χ3v) is 4.92. The first-order valence-corrected chi connectivity index (χ1v) is 9.13. The minimum absolute atomic E-state index is 0.0283. The first-order valence-electron chi connectivity index (χ1n) is 8.46. The average Bonchev–Trinajstić information content (AvgIpc) is 3.45. The molecular formula is C18H23FN4O2S. The van der Waals surface area contributed by atoms with Gasteiger partial charge in [-0.3, -0.25) is 0 Å². The Labute approximate surface area is 156 Å². The lowest BCUT2D eigenvalue weighted by Crippen LogP contribution is -2.43. The first-order chi connectivity index (χ1) is 12.4. The number of benzene rings is 1. The van der Waals surface area contributed by atoms with Crippen LogP contribution in [-0.4, -0.2) is 20.6 Å². The van der Waals surface area contributed by atoms with Gasteiger partial charge >= 0.3 is 0 Å². The molecule has 1 saturated carbocycles. The van der Waals surface area contributed by atoms with Crippen LogP contribution in [0.5, 0.6) is 5.75 Å². The van der Waals surface area contributed by atoms with Gasteiger partial charge in [-0.25, -0.2) is 15.2 Å². The molecule has 0 radical (unpaired) electrons. The van der Waals surface area contributed by atoms with E-state index in [-0.39, 0.29) is 23.9 Å². The monoisotopic (exact) mass is 378 g/mol. The van der Waals surface area contributed by atoms with E-state index in [0.29, 0.717) is 21.7 Å². The van der Waals surface area contributed by atoms with Crippen molar-refractivity contribution in [2.45, 2.75) is 38.4 Å². The average molecular weight is 378 g/mol. The van der Waals surface area contributed by atoms with Crippen LogP contribution in [0.2, 0.25) is 0 Å². The lowest BCUT2D eigenvalue weighted by molar-refractivity contribution is 0.00705. The molecule has 5 N–H and O–H groups in total. The van der Waals surface area contributed by atoms with E-state index in [0.717, 1.165) is 30.2 Å². The van der Waals surface area contributed by atoms with E-state index in [4.69, 9.17) is 16.3 Å². The number of pyridine rings is 1. The van der Waals surface area contributed by atoms with Gasteiger partial charge in [0.2, 0.25) is 0 Å². The zero-order valence-electron chi connectivity index (χ0n) is 14.7. The molecule has 0 saturated heterocycles. The molecule has 0 amide bonds. The first kappa shape index (κ1) is 18.8. The highest BCUT2D eigenvalue weighted by Gasteiger charge is 2.41. The maximum atomic E-state index is 13.0. The van der Waals surface area contributed by atoms with E-state index in [1.54, 1.807) is 19.9 Å². The molecule has 1 aliphatic carbocycles. The molecule has 0 spiro atoms. The van der Waals surface area contributed by atoms with Crippen molar-refractivity contribution in [1.82, 2.24) is 9.40 Å². The summed E-state index contributed by atoms with van der Waals surface area (Å²) in [6.45, 7) is 3.58. The van der Waals surface area contributed by atoms with Crippen LogP contribution in [-0.2, 0) is 5.60 Å². The largest absolute Gasteiger partial charge is 0.490 e. The van der Waals surface area contributed by atoms with E-state index < -0.39 is 5.60 Å². The van der Waals surface area contributed by atoms with Crippen LogP contribution in [0.3, 0.4) is 0 Å². The summed E-state index contributed by atoms with van der Waals surface area (Å²) in [7, 11) is 0. The Bertz CT molecular complexity index is 828. The number of aliphatic hydroxyl groups is 1. The summed E-state index contributed by atoms with van der Waals surface area (Å²) < 4.78 is 19.5. The molecule has 26 heavy (non-hydrogen) atoms. The molecular weight excluding hydrogens is 355 g/mol. The third kappa shape index (κ3) is 3.44. The number of hydrogen-bond acceptors (Lipinski definition) is 7. The fraction of sp³-hybridized carbons (Fsp3) is 0.389. The lowest BCUT2D eigenvalue weighted by Gasteiger charge is -2.36. The standard InChI is InChI=1S/C18H23FN4O2S/c1-11(2)18(24,17(10-20)23(21)26-19)16-8-3-12-9-14(25-13-4-5-13)6-7-15(12)22-16/h3,6-11,13,24H,4-5,20-21H2,1-2H3/b17-10-. The number of aromatic nitrogens is 1. The van der Waals surface area contributed by atoms with E-state index in [9.17, 15) is 8.99 Å². The molecule has 2 aromatic rings. The molecule has 1 atom stereocenters. The maximum Gasteiger partial charge on any atom is 0.180 e. The smallest absolute Gasteiger partial charge is 0.180 e. The van der Waals surface area contributed by atoms with Crippen molar-refractivity contribution in [3.63, 3.8) is 0 Å². The number of hydrogen-bond donors (Lipinski definition) is 3. The molecule has 1 aromatic carbocycles. The normalized spacial score (nSPS) is 17.4. The van der Waals surface area contributed by atoms with Crippen molar-refractivity contribution in [3.05, 3.63) is 47.9 Å². The Kier molecular flexibility index (Phi) is 5.27. The van der Waals surface area contributed by atoms with Crippen molar-refractivity contribution in [2.24, 2.45) is 17.5 Å². The number of ether oxygens (including phenoxy) is 1. The molecule has 0 aliphatic heterocycles. The Morgan fingerprint density at radius 1 is 1.42 bits per heavy atom. The molecule has 3 rings (SSSR count). The fourth-order valence-corrected chi connectivity index (χ4v) is 3.17. The van der Waals surface area contributed by atoms with E-state index in [2.05, 4.69) is 4.98 Å². The van der Waals surface area contributed by atoms with Crippen LogP contribution in [0.15, 0.2) is 42.2 Å². The summed E-state index contributed by atoms with van der Waals surface area (Å²) >= 11 is -0.228. The lowest BCUT2D eigenvalue weighted by atomic mass is 9.83. The van der Waals surface area contributed by atoms with Crippen LogP contribution in [0, 0.1) is 5.92 Å². The second-order valence-corrected chi connectivity index (χ2v) is 7.27. The van der Waals surface area contributed by atoms with Gasteiger partial charge in [0, 0.05) is 11.6 Å².